The van der Waals surface area contributed by atoms with Gasteiger partial charge in [0.1, 0.15) is 22.2 Å². The molecule has 0 aliphatic rings. The Balaban J connectivity index is 2.10. The second kappa shape index (κ2) is 7.10. The number of terminal acetylenes is 1. The van der Waals surface area contributed by atoms with E-state index in [1.54, 1.807) is 29.6 Å². The van der Waals surface area contributed by atoms with Crippen molar-refractivity contribution in [2.45, 2.75) is 12.3 Å². The lowest BCUT2D eigenvalue weighted by atomic mass is 9.81. The monoisotopic (exact) mass is 402 g/mol. The Bertz CT molecular complexity index is 1070. The van der Waals surface area contributed by atoms with Crippen molar-refractivity contribution in [3.05, 3.63) is 75.3 Å². The van der Waals surface area contributed by atoms with E-state index in [0.29, 0.717) is 10.7 Å². The van der Waals surface area contributed by atoms with Crippen molar-refractivity contribution in [3.8, 4) is 22.9 Å². The molecule has 1 unspecified atom stereocenters. The van der Waals surface area contributed by atoms with Crippen LogP contribution in [0.3, 0.4) is 0 Å². The fourth-order valence-electron chi connectivity index (χ4n) is 2.66. The molecule has 1 atom stereocenters. The molecule has 7 heteroatoms. The molecule has 0 fully saturated rings. The molecule has 0 saturated heterocycles. The molecule has 0 radical (unpaired) electrons. The summed E-state index contributed by atoms with van der Waals surface area (Å²) < 4.78 is 28.3. The van der Waals surface area contributed by atoms with Crippen molar-refractivity contribution in [1.29, 1.82) is 0 Å². The summed E-state index contributed by atoms with van der Waals surface area (Å²) in [6, 6.07) is 9.24. The normalized spacial score (nSPS) is 13.0. The van der Waals surface area contributed by atoms with Crippen LogP contribution in [0.15, 0.2) is 41.8 Å². The first kappa shape index (κ1) is 19.0. The van der Waals surface area contributed by atoms with Gasteiger partial charge in [0.05, 0.1) is 11.1 Å². The molecule has 1 amide bonds. The highest BCUT2D eigenvalue weighted by atomic mass is 35.5. The van der Waals surface area contributed by atoms with E-state index in [9.17, 15) is 13.6 Å². The molecule has 136 valence electrons. The van der Waals surface area contributed by atoms with Crippen LogP contribution in [0.2, 0.25) is 5.02 Å². The summed E-state index contributed by atoms with van der Waals surface area (Å²) in [4.78, 5) is 15.8. The fourth-order valence-corrected chi connectivity index (χ4v) is 3.73. The Labute approximate surface area is 163 Å². The van der Waals surface area contributed by atoms with Gasteiger partial charge in [0.25, 0.3) is 5.91 Å². The smallest absolute Gasteiger partial charge is 0.254 e. The minimum absolute atomic E-state index is 0.0167. The molecule has 1 heterocycles. The number of thiazole rings is 1. The number of carbonyl (C=O) groups excluding carboxylic acids is 1. The topological polar surface area (TPSA) is 56.0 Å². The first-order valence-corrected chi connectivity index (χ1v) is 9.01. The van der Waals surface area contributed by atoms with Crippen LogP contribution >= 0.6 is 22.9 Å². The van der Waals surface area contributed by atoms with Crippen LogP contribution in [-0.4, -0.2) is 10.9 Å². The Morgan fingerprint density at radius 3 is 2.52 bits per heavy atom. The summed E-state index contributed by atoms with van der Waals surface area (Å²) in [5.74, 6) is -0.523. The summed E-state index contributed by atoms with van der Waals surface area (Å²) in [6.45, 7) is 1.81. The molecule has 0 saturated carbocycles. The van der Waals surface area contributed by atoms with Gasteiger partial charge in [-0.15, -0.1) is 17.8 Å². The Morgan fingerprint density at radius 2 is 1.93 bits per heavy atom. The van der Waals surface area contributed by atoms with Crippen molar-refractivity contribution in [1.82, 2.24) is 4.98 Å². The van der Waals surface area contributed by atoms with Gasteiger partial charge < -0.3 is 5.73 Å². The Kier molecular flexibility index (Phi) is 5.01. The minimum atomic E-state index is -1.18. The molecule has 27 heavy (non-hydrogen) atoms. The van der Waals surface area contributed by atoms with Crippen molar-refractivity contribution in [3.63, 3.8) is 0 Å². The van der Waals surface area contributed by atoms with E-state index in [1.807, 2.05) is 6.92 Å². The second-order valence-electron chi connectivity index (χ2n) is 5.96. The number of hydrogen-bond acceptors (Lipinski definition) is 3. The zero-order chi connectivity index (χ0) is 19.8. The fraction of sp³-hybridized carbons (Fsp3) is 0.100. The average molecular weight is 403 g/mol. The molecule has 0 bridgehead atoms. The van der Waals surface area contributed by atoms with Crippen molar-refractivity contribution < 1.29 is 13.6 Å². The number of halogens is 3. The molecule has 3 rings (SSSR count). The maximum Gasteiger partial charge on any atom is 0.254 e. The molecular formula is C20H13ClF2N2OS. The number of primary amides is 1. The van der Waals surface area contributed by atoms with Crippen LogP contribution in [0.5, 0.6) is 0 Å². The van der Waals surface area contributed by atoms with Crippen LogP contribution in [0.4, 0.5) is 8.78 Å². The molecular weight excluding hydrogens is 390 g/mol. The van der Waals surface area contributed by atoms with Gasteiger partial charge in [-0.3, -0.25) is 4.79 Å². The number of carbonyl (C=O) groups is 1. The van der Waals surface area contributed by atoms with Crippen molar-refractivity contribution >= 4 is 28.8 Å². The van der Waals surface area contributed by atoms with Gasteiger partial charge >= 0.3 is 0 Å². The molecule has 0 aliphatic carbocycles. The van der Waals surface area contributed by atoms with E-state index in [2.05, 4.69) is 10.9 Å². The van der Waals surface area contributed by atoms with Gasteiger partial charge in [-0.25, -0.2) is 13.8 Å². The summed E-state index contributed by atoms with van der Waals surface area (Å²) >= 11 is 7.07. The summed E-state index contributed by atoms with van der Waals surface area (Å²) in [6.07, 6.45) is 5.77. The predicted molar refractivity (Wildman–Crippen MR) is 103 cm³/mol. The lowest BCUT2D eigenvalue weighted by Gasteiger charge is -2.22. The lowest BCUT2D eigenvalue weighted by Crippen LogP contribution is -2.21. The molecule has 3 aromatic rings. The van der Waals surface area contributed by atoms with E-state index in [1.165, 1.54) is 6.07 Å². The predicted octanol–water partition coefficient (Wildman–Crippen LogP) is 4.78. The zero-order valence-electron chi connectivity index (χ0n) is 14.1. The number of rotatable bonds is 4. The molecule has 2 N–H and O–H groups in total. The number of nitrogens with zero attached hydrogens (tertiary/aromatic N) is 1. The van der Waals surface area contributed by atoms with E-state index in [-0.39, 0.29) is 10.6 Å². The van der Waals surface area contributed by atoms with E-state index in [4.69, 9.17) is 23.8 Å². The zero-order valence-corrected chi connectivity index (χ0v) is 15.7. The van der Waals surface area contributed by atoms with Crippen LogP contribution in [0.1, 0.15) is 28.5 Å². The standard InChI is InChI=1S/C20H13ClF2N2OS/c1-3-20(2,11-4-6-12(21)7-5-11)15-10-27-19(25-15)13-8-9-14(22)16(17(13)23)18(24)26/h1,4-10H,2H3,(H2,24,26). The summed E-state index contributed by atoms with van der Waals surface area (Å²) in [5.41, 5.74) is 4.71. The summed E-state index contributed by atoms with van der Waals surface area (Å²) in [5, 5.41) is 2.54. The van der Waals surface area contributed by atoms with E-state index >= 15 is 0 Å². The SMILES string of the molecule is C#CC(C)(c1ccc(Cl)cc1)c1csc(-c2ccc(F)c(C(N)=O)c2F)n1. The van der Waals surface area contributed by atoms with Gasteiger partial charge in [0, 0.05) is 16.0 Å². The lowest BCUT2D eigenvalue weighted by molar-refractivity contribution is 0.0992. The minimum Gasteiger partial charge on any atom is -0.365 e. The first-order valence-electron chi connectivity index (χ1n) is 7.76. The third-order valence-corrected chi connectivity index (χ3v) is 5.42. The highest BCUT2D eigenvalue weighted by molar-refractivity contribution is 7.13. The molecule has 0 aliphatic heterocycles. The van der Waals surface area contributed by atoms with Crippen LogP contribution in [0, 0.1) is 24.0 Å². The van der Waals surface area contributed by atoms with E-state index < -0.39 is 28.5 Å². The highest BCUT2D eigenvalue weighted by Crippen LogP contribution is 2.36. The van der Waals surface area contributed by atoms with Crippen molar-refractivity contribution in [2.75, 3.05) is 0 Å². The first-order chi connectivity index (χ1) is 12.8. The largest absolute Gasteiger partial charge is 0.365 e. The van der Waals surface area contributed by atoms with Gasteiger partial charge in [-0.05, 0) is 36.8 Å². The molecule has 2 aromatic carbocycles. The number of nitrogens with two attached hydrogens (primary N) is 1. The Hall–Kier alpha value is -2.75. The van der Waals surface area contributed by atoms with Crippen LogP contribution in [-0.2, 0) is 5.41 Å². The van der Waals surface area contributed by atoms with Crippen molar-refractivity contribution in [2.24, 2.45) is 5.73 Å². The second-order valence-corrected chi connectivity index (χ2v) is 7.26. The van der Waals surface area contributed by atoms with E-state index in [0.717, 1.165) is 23.0 Å². The highest BCUT2D eigenvalue weighted by Gasteiger charge is 2.30. The average Bonchev–Trinajstić information content (AvgIpc) is 3.12. The van der Waals surface area contributed by atoms with Crippen LogP contribution in [0.25, 0.3) is 10.6 Å². The van der Waals surface area contributed by atoms with Gasteiger partial charge in [0.2, 0.25) is 0 Å². The van der Waals surface area contributed by atoms with Gasteiger partial charge in [0.15, 0.2) is 0 Å². The summed E-state index contributed by atoms with van der Waals surface area (Å²) in [7, 11) is 0. The van der Waals surface area contributed by atoms with Gasteiger partial charge in [-0.2, -0.15) is 0 Å². The third kappa shape index (κ3) is 3.32. The Morgan fingerprint density at radius 1 is 1.26 bits per heavy atom. The number of benzene rings is 2. The molecule has 0 spiro atoms. The van der Waals surface area contributed by atoms with Crippen LogP contribution < -0.4 is 5.73 Å². The number of hydrogen-bond donors (Lipinski definition) is 1. The maximum absolute atomic E-state index is 14.6. The quantitative estimate of drug-likeness (QED) is 0.638. The van der Waals surface area contributed by atoms with Gasteiger partial charge in [-0.1, -0.05) is 29.7 Å². The molecule has 1 aromatic heterocycles. The molecule has 3 nitrogen and oxygen atoms in total. The maximum atomic E-state index is 14.6. The number of amides is 1. The third-order valence-electron chi connectivity index (χ3n) is 4.29. The number of aromatic nitrogens is 1.